The number of rotatable bonds is 7. The van der Waals surface area contributed by atoms with Crippen molar-refractivity contribution < 1.29 is 4.42 Å². The first kappa shape index (κ1) is 34.9. The average molecular weight is 779 g/mol. The molecule has 0 N–H and O–H groups in total. The summed E-state index contributed by atoms with van der Waals surface area (Å²) < 4.78 is 9.03. The summed E-state index contributed by atoms with van der Waals surface area (Å²) in [7, 11) is 0. The van der Waals surface area contributed by atoms with E-state index >= 15 is 0 Å². The first-order valence-electron chi connectivity index (χ1n) is 20.8. The maximum atomic E-state index is 6.65. The molecule has 0 aliphatic carbocycles. The lowest BCUT2D eigenvalue weighted by Crippen LogP contribution is -2.10. The Balaban J connectivity index is 0.959. The molecule has 61 heavy (non-hydrogen) atoms. The number of fused-ring (bicyclic) bond motifs is 8. The molecule has 10 aromatic carbocycles. The second kappa shape index (κ2) is 14.3. The summed E-state index contributed by atoms with van der Waals surface area (Å²) in [6, 6.07) is 82.8. The van der Waals surface area contributed by atoms with Crippen LogP contribution >= 0.6 is 0 Å². The normalized spacial score (nSPS) is 11.6. The van der Waals surface area contributed by atoms with Gasteiger partial charge in [-0.15, -0.1) is 0 Å². The Kier molecular flexibility index (Phi) is 8.17. The second-order valence-corrected chi connectivity index (χ2v) is 15.7. The van der Waals surface area contributed by atoms with Crippen LogP contribution in [0.3, 0.4) is 0 Å². The standard InChI is InChI=1S/C58H38N2O/c1-4-13-39(14-5-1)41-23-28-47(29-24-41)59(48-20-12-17-42(35-48)40-15-6-2-7-16-40)49-30-33-50-45(36-49)27-34-56-58(50)53-32-26-44(38-57(53)61-56)43-25-31-52-51-21-10-11-22-54(51)60(55(52)37-43)46-18-8-3-9-19-46/h1-38H. The highest BCUT2D eigenvalue weighted by Crippen LogP contribution is 2.42. The number of aromatic nitrogens is 1. The van der Waals surface area contributed by atoms with Gasteiger partial charge < -0.3 is 13.9 Å². The summed E-state index contributed by atoms with van der Waals surface area (Å²) in [5.41, 5.74) is 15.6. The van der Waals surface area contributed by atoms with Gasteiger partial charge >= 0.3 is 0 Å². The number of nitrogens with zero attached hydrogens (tertiary/aromatic N) is 2. The van der Waals surface area contributed by atoms with Gasteiger partial charge in [0.15, 0.2) is 0 Å². The number of anilines is 3. The van der Waals surface area contributed by atoms with Crippen LogP contribution in [0, 0.1) is 0 Å². The van der Waals surface area contributed by atoms with Crippen LogP contribution in [0.5, 0.6) is 0 Å². The largest absolute Gasteiger partial charge is 0.456 e. The van der Waals surface area contributed by atoms with E-state index in [2.05, 4.69) is 240 Å². The monoisotopic (exact) mass is 778 g/mol. The Morgan fingerprint density at radius 3 is 1.66 bits per heavy atom. The Hall–Kier alpha value is -8.14. The molecule has 2 heterocycles. The molecule has 3 heteroatoms. The highest BCUT2D eigenvalue weighted by Gasteiger charge is 2.18. The van der Waals surface area contributed by atoms with Crippen molar-refractivity contribution >= 4 is 71.6 Å². The van der Waals surface area contributed by atoms with E-state index in [1.54, 1.807) is 0 Å². The summed E-state index contributed by atoms with van der Waals surface area (Å²) in [5.74, 6) is 0. The highest BCUT2D eigenvalue weighted by molar-refractivity contribution is 6.20. The third-order valence-electron chi connectivity index (χ3n) is 12.2. The van der Waals surface area contributed by atoms with E-state index in [0.29, 0.717) is 0 Å². The fraction of sp³-hybridized carbons (Fsp3) is 0. The van der Waals surface area contributed by atoms with Crippen LogP contribution in [-0.4, -0.2) is 4.57 Å². The Morgan fingerprint density at radius 1 is 0.311 bits per heavy atom. The molecule has 0 fully saturated rings. The van der Waals surface area contributed by atoms with Gasteiger partial charge in [0.25, 0.3) is 0 Å². The zero-order chi connectivity index (χ0) is 40.3. The van der Waals surface area contributed by atoms with Crippen LogP contribution in [0.15, 0.2) is 235 Å². The molecule has 0 atom stereocenters. The summed E-state index contributed by atoms with van der Waals surface area (Å²) in [4.78, 5) is 2.36. The van der Waals surface area contributed by atoms with Crippen LogP contribution in [0.1, 0.15) is 0 Å². The summed E-state index contributed by atoms with van der Waals surface area (Å²) in [6.45, 7) is 0. The van der Waals surface area contributed by atoms with E-state index in [4.69, 9.17) is 4.42 Å². The molecule has 3 nitrogen and oxygen atoms in total. The van der Waals surface area contributed by atoms with Crippen LogP contribution in [-0.2, 0) is 0 Å². The fourth-order valence-corrected chi connectivity index (χ4v) is 9.25. The van der Waals surface area contributed by atoms with Crippen molar-refractivity contribution in [1.82, 2.24) is 4.57 Å². The van der Waals surface area contributed by atoms with Crippen molar-refractivity contribution in [2.24, 2.45) is 0 Å². The van der Waals surface area contributed by atoms with E-state index in [1.807, 2.05) is 0 Å². The van der Waals surface area contributed by atoms with Crippen molar-refractivity contribution in [2.45, 2.75) is 0 Å². The van der Waals surface area contributed by atoms with Gasteiger partial charge in [-0.2, -0.15) is 0 Å². The topological polar surface area (TPSA) is 21.3 Å². The molecule has 0 aliphatic rings. The number of hydrogen-bond donors (Lipinski definition) is 0. The third-order valence-corrected chi connectivity index (χ3v) is 12.2. The molecule has 0 spiro atoms. The van der Waals surface area contributed by atoms with Gasteiger partial charge in [0.2, 0.25) is 0 Å². The molecule has 286 valence electrons. The van der Waals surface area contributed by atoms with Gasteiger partial charge in [0, 0.05) is 44.3 Å². The second-order valence-electron chi connectivity index (χ2n) is 15.7. The lowest BCUT2D eigenvalue weighted by atomic mass is 9.99. The van der Waals surface area contributed by atoms with Crippen molar-refractivity contribution in [3.8, 4) is 39.1 Å². The third kappa shape index (κ3) is 5.98. The molecule has 0 radical (unpaired) electrons. The maximum absolute atomic E-state index is 6.65. The molecule has 2 aromatic heterocycles. The molecular formula is C58H38N2O. The van der Waals surface area contributed by atoms with Crippen LogP contribution in [0.25, 0.3) is 93.6 Å². The minimum atomic E-state index is 0.880. The molecule has 12 aromatic rings. The molecule has 0 amide bonds. The van der Waals surface area contributed by atoms with E-state index in [1.165, 1.54) is 49.4 Å². The smallest absolute Gasteiger partial charge is 0.136 e. The van der Waals surface area contributed by atoms with Crippen LogP contribution in [0.4, 0.5) is 17.1 Å². The van der Waals surface area contributed by atoms with Gasteiger partial charge in [-0.25, -0.2) is 0 Å². The van der Waals surface area contributed by atoms with Crippen LogP contribution in [0.2, 0.25) is 0 Å². The van der Waals surface area contributed by atoms with Crippen molar-refractivity contribution in [3.63, 3.8) is 0 Å². The SMILES string of the molecule is c1ccc(-c2ccc(N(c3cccc(-c4ccccc4)c3)c3ccc4c(ccc5oc6cc(-c7ccc8c9ccccc9n(-c9ccccc9)c8c7)ccc6c54)c3)cc2)cc1. The summed E-state index contributed by atoms with van der Waals surface area (Å²) in [6.07, 6.45) is 0. The lowest BCUT2D eigenvalue weighted by molar-refractivity contribution is 0.669. The van der Waals surface area contributed by atoms with Gasteiger partial charge in [0.05, 0.1) is 11.0 Å². The Labute approximate surface area is 353 Å². The van der Waals surface area contributed by atoms with Crippen LogP contribution < -0.4 is 4.90 Å². The highest BCUT2D eigenvalue weighted by atomic mass is 16.3. The molecule has 0 unspecified atom stereocenters. The maximum Gasteiger partial charge on any atom is 0.136 e. The molecule has 0 saturated carbocycles. The number of hydrogen-bond acceptors (Lipinski definition) is 2. The quantitative estimate of drug-likeness (QED) is 0.161. The first-order chi connectivity index (χ1) is 30.2. The Bertz CT molecular complexity index is 3570. The number of para-hydroxylation sites is 2. The van der Waals surface area contributed by atoms with Gasteiger partial charge in [-0.05, 0) is 123 Å². The first-order valence-corrected chi connectivity index (χ1v) is 20.8. The van der Waals surface area contributed by atoms with E-state index in [-0.39, 0.29) is 0 Å². The minimum Gasteiger partial charge on any atom is -0.456 e. The fourth-order valence-electron chi connectivity index (χ4n) is 9.25. The van der Waals surface area contributed by atoms with Gasteiger partial charge in [-0.1, -0.05) is 152 Å². The molecular weight excluding hydrogens is 741 g/mol. The van der Waals surface area contributed by atoms with Gasteiger partial charge in [-0.3, -0.25) is 0 Å². The van der Waals surface area contributed by atoms with Gasteiger partial charge in [0.1, 0.15) is 11.2 Å². The lowest BCUT2D eigenvalue weighted by Gasteiger charge is -2.26. The predicted molar refractivity (Wildman–Crippen MR) is 257 cm³/mol. The summed E-state index contributed by atoms with van der Waals surface area (Å²) in [5, 5.41) is 7.06. The molecule has 0 aliphatic heterocycles. The van der Waals surface area contributed by atoms with Crippen molar-refractivity contribution in [2.75, 3.05) is 4.90 Å². The number of furan rings is 1. The molecule has 12 rings (SSSR count). The summed E-state index contributed by atoms with van der Waals surface area (Å²) >= 11 is 0. The van der Waals surface area contributed by atoms with E-state index in [9.17, 15) is 0 Å². The minimum absolute atomic E-state index is 0.880. The van der Waals surface area contributed by atoms with Crippen molar-refractivity contribution in [3.05, 3.63) is 231 Å². The predicted octanol–water partition coefficient (Wildman–Crippen LogP) is 16.3. The molecule has 0 saturated heterocycles. The zero-order valence-corrected chi connectivity index (χ0v) is 33.2. The Morgan fingerprint density at radius 2 is 0.869 bits per heavy atom. The number of benzene rings is 10. The zero-order valence-electron chi connectivity index (χ0n) is 33.2. The van der Waals surface area contributed by atoms with E-state index < -0.39 is 0 Å². The molecule has 0 bridgehead atoms. The van der Waals surface area contributed by atoms with E-state index in [0.717, 1.165) is 61.2 Å². The average Bonchev–Trinajstić information content (AvgIpc) is 3.88. The van der Waals surface area contributed by atoms with Crippen molar-refractivity contribution in [1.29, 1.82) is 0 Å².